The second-order valence-corrected chi connectivity index (χ2v) is 4.64. The van der Waals surface area contributed by atoms with Gasteiger partial charge in [0, 0.05) is 23.9 Å². The maximum atomic E-state index is 8.85. The van der Waals surface area contributed by atoms with Crippen LogP contribution in [0.5, 0.6) is 11.5 Å². The highest BCUT2D eigenvalue weighted by Crippen LogP contribution is 2.29. The van der Waals surface area contributed by atoms with Gasteiger partial charge in [-0.2, -0.15) is 5.26 Å². The molecule has 0 aliphatic carbocycles. The maximum absolute atomic E-state index is 8.85. The van der Waals surface area contributed by atoms with E-state index in [1.807, 2.05) is 37.3 Å². The molecule has 0 bridgehead atoms. The van der Waals surface area contributed by atoms with E-state index in [4.69, 9.17) is 20.5 Å². The Morgan fingerprint density at radius 1 is 1.33 bits per heavy atom. The molecular weight excluding hydrogens is 266 g/mol. The van der Waals surface area contributed by atoms with E-state index in [0.29, 0.717) is 23.8 Å². The number of rotatable bonds is 5. The third kappa shape index (κ3) is 3.71. The van der Waals surface area contributed by atoms with Crippen molar-refractivity contribution in [2.24, 2.45) is 5.73 Å². The van der Waals surface area contributed by atoms with Crippen molar-refractivity contribution < 1.29 is 9.47 Å². The summed E-state index contributed by atoms with van der Waals surface area (Å²) in [5, 5.41) is 8.85. The van der Waals surface area contributed by atoms with Crippen LogP contribution >= 0.6 is 0 Å². The third-order valence-electron chi connectivity index (χ3n) is 3.04. The molecule has 0 aliphatic heterocycles. The van der Waals surface area contributed by atoms with E-state index >= 15 is 0 Å². The summed E-state index contributed by atoms with van der Waals surface area (Å²) in [6.07, 6.45) is 1.59. The molecule has 5 nitrogen and oxygen atoms in total. The molecule has 0 aliphatic rings. The van der Waals surface area contributed by atoms with E-state index in [1.54, 1.807) is 19.4 Å². The molecule has 1 atom stereocenters. The number of nitriles is 1. The largest absolute Gasteiger partial charge is 0.497 e. The minimum Gasteiger partial charge on any atom is -0.497 e. The summed E-state index contributed by atoms with van der Waals surface area (Å²) in [7, 11) is 1.60. The van der Waals surface area contributed by atoms with Crippen LogP contribution in [0.4, 0.5) is 0 Å². The zero-order chi connectivity index (χ0) is 15.2. The first kappa shape index (κ1) is 14.8. The van der Waals surface area contributed by atoms with Gasteiger partial charge in [-0.25, -0.2) is 4.98 Å². The molecule has 1 heterocycles. The fourth-order valence-corrected chi connectivity index (χ4v) is 1.93. The van der Waals surface area contributed by atoms with E-state index in [0.717, 1.165) is 11.1 Å². The maximum Gasteiger partial charge on any atom is 0.140 e. The standard InChI is InChI=1S/C16H17N3O2/c1-11(18)15-4-3-14(20-2)8-16(15)21-10-12-5-6-19-13(7-12)9-17/h3-8,11H,10,18H2,1-2H3/t11-/m1/s1. The molecule has 0 saturated carbocycles. The topological polar surface area (TPSA) is 81.2 Å². The second kappa shape index (κ2) is 6.73. The summed E-state index contributed by atoms with van der Waals surface area (Å²) in [6.45, 7) is 2.24. The summed E-state index contributed by atoms with van der Waals surface area (Å²) in [5.41, 5.74) is 8.10. The Bertz CT molecular complexity index is 663. The Labute approximate surface area is 123 Å². The quantitative estimate of drug-likeness (QED) is 0.912. The van der Waals surface area contributed by atoms with Crippen molar-refractivity contribution in [1.82, 2.24) is 4.98 Å². The summed E-state index contributed by atoms with van der Waals surface area (Å²) in [5.74, 6) is 1.39. The molecule has 0 radical (unpaired) electrons. The van der Waals surface area contributed by atoms with Crippen molar-refractivity contribution in [3.63, 3.8) is 0 Å². The minimum atomic E-state index is -0.141. The van der Waals surface area contributed by atoms with Crippen LogP contribution in [0.3, 0.4) is 0 Å². The van der Waals surface area contributed by atoms with Crippen LogP contribution < -0.4 is 15.2 Å². The number of benzene rings is 1. The Hall–Kier alpha value is -2.58. The third-order valence-corrected chi connectivity index (χ3v) is 3.04. The van der Waals surface area contributed by atoms with E-state index < -0.39 is 0 Å². The van der Waals surface area contributed by atoms with Gasteiger partial charge in [0.2, 0.25) is 0 Å². The molecule has 0 amide bonds. The molecule has 2 N–H and O–H groups in total. The molecule has 1 aromatic heterocycles. The van der Waals surface area contributed by atoms with Crippen LogP contribution in [0, 0.1) is 11.3 Å². The van der Waals surface area contributed by atoms with Gasteiger partial charge in [0.05, 0.1) is 7.11 Å². The average molecular weight is 283 g/mol. The Kier molecular flexibility index (Phi) is 4.75. The number of ether oxygens (including phenoxy) is 2. The fraction of sp³-hybridized carbons (Fsp3) is 0.250. The van der Waals surface area contributed by atoms with Crippen LogP contribution in [0.25, 0.3) is 0 Å². The molecular formula is C16H17N3O2. The van der Waals surface area contributed by atoms with E-state index in [2.05, 4.69) is 4.98 Å². The van der Waals surface area contributed by atoms with Gasteiger partial charge < -0.3 is 15.2 Å². The molecule has 1 aromatic carbocycles. The molecule has 108 valence electrons. The van der Waals surface area contributed by atoms with Crippen molar-refractivity contribution in [3.8, 4) is 17.6 Å². The van der Waals surface area contributed by atoms with Crippen molar-refractivity contribution >= 4 is 0 Å². The van der Waals surface area contributed by atoms with Gasteiger partial charge in [0.25, 0.3) is 0 Å². The van der Waals surface area contributed by atoms with Gasteiger partial charge in [0.1, 0.15) is 29.9 Å². The van der Waals surface area contributed by atoms with Gasteiger partial charge in [-0.3, -0.25) is 0 Å². The lowest BCUT2D eigenvalue weighted by Crippen LogP contribution is -2.08. The Balaban J connectivity index is 2.20. The lowest BCUT2D eigenvalue weighted by molar-refractivity contribution is 0.298. The summed E-state index contributed by atoms with van der Waals surface area (Å²) in [6, 6.07) is 10.9. The highest BCUT2D eigenvalue weighted by atomic mass is 16.5. The van der Waals surface area contributed by atoms with Crippen LogP contribution in [0.2, 0.25) is 0 Å². The molecule has 21 heavy (non-hydrogen) atoms. The van der Waals surface area contributed by atoms with Gasteiger partial charge in [-0.1, -0.05) is 6.07 Å². The first-order valence-corrected chi connectivity index (χ1v) is 6.55. The smallest absolute Gasteiger partial charge is 0.140 e. The Morgan fingerprint density at radius 2 is 2.14 bits per heavy atom. The zero-order valence-corrected chi connectivity index (χ0v) is 12.0. The van der Waals surface area contributed by atoms with Crippen LogP contribution in [-0.4, -0.2) is 12.1 Å². The number of nitrogens with two attached hydrogens (primary N) is 1. The molecule has 2 rings (SSSR count). The number of hydrogen-bond donors (Lipinski definition) is 1. The minimum absolute atomic E-state index is 0.141. The summed E-state index contributed by atoms with van der Waals surface area (Å²) >= 11 is 0. The van der Waals surface area contributed by atoms with E-state index in [9.17, 15) is 0 Å². The number of hydrogen-bond acceptors (Lipinski definition) is 5. The van der Waals surface area contributed by atoms with Crippen molar-refractivity contribution in [3.05, 3.63) is 53.3 Å². The lowest BCUT2D eigenvalue weighted by Gasteiger charge is -2.15. The first-order chi connectivity index (χ1) is 10.1. The SMILES string of the molecule is COc1ccc([C@@H](C)N)c(OCc2ccnc(C#N)c2)c1. The van der Waals surface area contributed by atoms with Gasteiger partial charge >= 0.3 is 0 Å². The number of methoxy groups -OCH3 is 1. The predicted molar refractivity (Wildman–Crippen MR) is 78.9 cm³/mol. The molecule has 0 saturated heterocycles. The first-order valence-electron chi connectivity index (χ1n) is 6.55. The zero-order valence-electron chi connectivity index (χ0n) is 12.0. The molecule has 5 heteroatoms. The molecule has 0 spiro atoms. The predicted octanol–water partition coefficient (Wildman–Crippen LogP) is 2.56. The summed E-state index contributed by atoms with van der Waals surface area (Å²) < 4.78 is 11.0. The van der Waals surface area contributed by atoms with Gasteiger partial charge in [0.15, 0.2) is 0 Å². The van der Waals surface area contributed by atoms with Crippen molar-refractivity contribution in [1.29, 1.82) is 5.26 Å². The van der Waals surface area contributed by atoms with Crippen molar-refractivity contribution in [2.45, 2.75) is 19.6 Å². The number of aromatic nitrogens is 1. The molecule has 2 aromatic rings. The van der Waals surface area contributed by atoms with E-state index in [-0.39, 0.29) is 6.04 Å². The van der Waals surface area contributed by atoms with E-state index in [1.165, 1.54) is 0 Å². The molecule has 0 unspecified atom stereocenters. The number of pyridine rings is 1. The highest BCUT2D eigenvalue weighted by Gasteiger charge is 2.10. The monoisotopic (exact) mass is 283 g/mol. The average Bonchev–Trinajstić information content (AvgIpc) is 2.52. The van der Waals surface area contributed by atoms with Gasteiger partial charge in [-0.05, 0) is 30.7 Å². The highest BCUT2D eigenvalue weighted by molar-refractivity contribution is 5.42. The Morgan fingerprint density at radius 3 is 2.81 bits per heavy atom. The van der Waals surface area contributed by atoms with Crippen LogP contribution in [-0.2, 0) is 6.61 Å². The second-order valence-electron chi connectivity index (χ2n) is 4.64. The molecule has 0 fully saturated rings. The summed E-state index contributed by atoms with van der Waals surface area (Å²) in [4.78, 5) is 3.93. The fourth-order valence-electron chi connectivity index (χ4n) is 1.93. The normalized spacial score (nSPS) is 11.5. The lowest BCUT2D eigenvalue weighted by atomic mass is 10.1. The van der Waals surface area contributed by atoms with Gasteiger partial charge in [-0.15, -0.1) is 0 Å². The van der Waals surface area contributed by atoms with Crippen molar-refractivity contribution in [2.75, 3.05) is 7.11 Å². The number of nitrogens with zero attached hydrogens (tertiary/aromatic N) is 2. The van der Waals surface area contributed by atoms with Crippen LogP contribution in [0.15, 0.2) is 36.5 Å². The van der Waals surface area contributed by atoms with Crippen LogP contribution in [0.1, 0.15) is 29.8 Å².